The molecule has 0 aromatic heterocycles. The molecule has 0 aromatic rings. The van der Waals surface area contributed by atoms with Gasteiger partial charge in [0.2, 0.25) is 5.91 Å². The van der Waals surface area contributed by atoms with E-state index in [-0.39, 0.29) is 19.6 Å². The van der Waals surface area contributed by atoms with Crippen LogP contribution in [0, 0.1) is 5.92 Å². The van der Waals surface area contributed by atoms with Gasteiger partial charge < -0.3 is 15.0 Å². The van der Waals surface area contributed by atoms with Crippen molar-refractivity contribution in [3.63, 3.8) is 0 Å². The van der Waals surface area contributed by atoms with Crippen molar-refractivity contribution in [1.29, 1.82) is 0 Å². The number of ether oxygens (including phenoxy) is 1. The van der Waals surface area contributed by atoms with Gasteiger partial charge in [-0.1, -0.05) is 6.58 Å². The van der Waals surface area contributed by atoms with Crippen LogP contribution in [0.1, 0.15) is 27.2 Å². The minimum atomic E-state index is -2.92. The molecule has 120 valence electrons. The number of nitrogens with zero attached hydrogens (tertiary/aromatic N) is 1. The molecular formula is C14H22F2N2O3. The van der Waals surface area contributed by atoms with E-state index in [9.17, 15) is 18.4 Å². The van der Waals surface area contributed by atoms with Crippen LogP contribution in [0.3, 0.4) is 0 Å². The van der Waals surface area contributed by atoms with Gasteiger partial charge in [0, 0.05) is 26.1 Å². The summed E-state index contributed by atoms with van der Waals surface area (Å²) in [6, 6.07) is 0. The Balaban J connectivity index is 2.66. The van der Waals surface area contributed by atoms with Gasteiger partial charge in [-0.2, -0.15) is 0 Å². The van der Waals surface area contributed by atoms with Crippen LogP contribution in [0.15, 0.2) is 12.7 Å². The summed E-state index contributed by atoms with van der Waals surface area (Å²) in [5.41, 5.74) is -0.677. The van der Waals surface area contributed by atoms with Gasteiger partial charge in [0.25, 0.3) is 5.92 Å². The van der Waals surface area contributed by atoms with E-state index in [1.54, 1.807) is 20.8 Å². The van der Waals surface area contributed by atoms with Crippen LogP contribution in [-0.4, -0.2) is 48.1 Å². The maximum Gasteiger partial charge on any atom is 0.410 e. The average molecular weight is 304 g/mol. The Morgan fingerprint density at radius 1 is 1.48 bits per heavy atom. The first kappa shape index (κ1) is 17.4. The van der Waals surface area contributed by atoms with Gasteiger partial charge >= 0.3 is 6.09 Å². The van der Waals surface area contributed by atoms with Crippen LogP contribution in [-0.2, 0) is 9.53 Å². The molecule has 21 heavy (non-hydrogen) atoms. The number of amides is 2. The number of carbonyl (C=O) groups is 2. The molecule has 2 amide bonds. The van der Waals surface area contributed by atoms with Crippen LogP contribution >= 0.6 is 0 Å². The number of nitrogens with one attached hydrogen (secondary N) is 1. The molecule has 1 rings (SSSR count). The lowest BCUT2D eigenvalue weighted by Crippen LogP contribution is -2.53. The van der Waals surface area contributed by atoms with Crippen LogP contribution in [0.25, 0.3) is 0 Å². The lowest BCUT2D eigenvalue weighted by molar-refractivity contribution is -0.120. The predicted molar refractivity (Wildman–Crippen MR) is 74.1 cm³/mol. The highest BCUT2D eigenvalue weighted by atomic mass is 19.3. The van der Waals surface area contributed by atoms with E-state index in [1.165, 1.54) is 4.90 Å². The monoisotopic (exact) mass is 304 g/mol. The minimum Gasteiger partial charge on any atom is -0.444 e. The molecule has 7 heteroatoms. The molecule has 1 aliphatic rings. The second-order valence-electron chi connectivity index (χ2n) is 6.08. The van der Waals surface area contributed by atoms with Gasteiger partial charge in [-0.3, -0.25) is 4.79 Å². The van der Waals surface area contributed by atoms with Crippen LogP contribution in [0.4, 0.5) is 13.6 Å². The molecule has 1 unspecified atom stereocenters. The van der Waals surface area contributed by atoms with Crippen molar-refractivity contribution < 1.29 is 23.1 Å². The molecule has 0 aromatic carbocycles. The Hall–Kier alpha value is -1.66. The standard InChI is InChI=1S/C14H22F2N2O3/c1-5-11(19)17-8-10-9-18(7-6-14(10,15)16)12(20)21-13(2,3)4/h5,10H,1,6-9H2,2-4H3,(H,17,19). The molecule has 1 N–H and O–H groups in total. The molecular weight excluding hydrogens is 282 g/mol. The second-order valence-corrected chi connectivity index (χ2v) is 6.08. The number of rotatable bonds is 3. The lowest BCUT2D eigenvalue weighted by Gasteiger charge is -2.38. The Morgan fingerprint density at radius 2 is 2.10 bits per heavy atom. The van der Waals surface area contributed by atoms with Crippen molar-refractivity contribution in [2.24, 2.45) is 5.92 Å². The van der Waals surface area contributed by atoms with E-state index in [1.807, 2.05) is 0 Å². The Bertz CT molecular complexity index is 419. The Kier molecular flexibility index (Phi) is 5.31. The van der Waals surface area contributed by atoms with E-state index in [0.717, 1.165) is 6.08 Å². The van der Waals surface area contributed by atoms with E-state index in [2.05, 4.69) is 11.9 Å². The smallest absolute Gasteiger partial charge is 0.410 e. The third-order valence-electron chi connectivity index (χ3n) is 3.11. The molecule has 0 saturated carbocycles. The molecule has 0 radical (unpaired) electrons. The van der Waals surface area contributed by atoms with Crippen molar-refractivity contribution in [3.8, 4) is 0 Å². The van der Waals surface area contributed by atoms with Crippen molar-refractivity contribution >= 4 is 12.0 Å². The fourth-order valence-corrected chi connectivity index (χ4v) is 1.98. The Labute approximate surface area is 123 Å². The van der Waals surface area contributed by atoms with Crippen molar-refractivity contribution in [2.75, 3.05) is 19.6 Å². The lowest BCUT2D eigenvalue weighted by atomic mass is 9.93. The van der Waals surface area contributed by atoms with Crippen molar-refractivity contribution in [1.82, 2.24) is 10.2 Å². The van der Waals surface area contributed by atoms with Gasteiger partial charge in [0.05, 0.1) is 5.92 Å². The number of piperidine rings is 1. The quantitative estimate of drug-likeness (QED) is 0.813. The highest BCUT2D eigenvalue weighted by molar-refractivity contribution is 5.86. The first-order chi connectivity index (χ1) is 9.55. The molecule has 0 bridgehead atoms. The van der Waals surface area contributed by atoms with E-state index in [4.69, 9.17) is 4.74 Å². The first-order valence-corrected chi connectivity index (χ1v) is 6.81. The third-order valence-corrected chi connectivity index (χ3v) is 3.11. The summed E-state index contributed by atoms with van der Waals surface area (Å²) in [5, 5.41) is 2.35. The summed E-state index contributed by atoms with van der Waals surface area (Å²) >= 11 is 0. The fraction of sp³-hybridized carbons (Fsp3) is 0.714. The van der Waals surface area contributed by atoms with Gasteiger partial charge in [0.15, 0.2) is 0 Å². The van der Waals surface area contributed by atoms with Gasteiger partial charge in [-0.25, -0.2) is 13.6 Å². The van der Waals surface area contributed by atoms with Crippen LogP contribution < -0.4 is 5.32 Å². The predicted octanol–water partition coefficient (Wildman–Crippen LogP) is 2.18. The summed E-state index contributed by atoms with van der Waals surface area (Å²) in [6.45, 7) is 7.97. The highest BCUT2D eigenvalue weighted by Gasteiger charge is 2.45. The largest absolute Gasteiger partial charge is 0.444 e. The second kappa shape index (κ2) is 6.41. The molecule has 1 heterocycles. The van der Waals surface area contributed by atoms with Crippen LogP contribution in [0.2, 0.25) is 0 Å². The van der Waals surface area contributed by atoms with Gasteiger partial charge in [-0.15, -0.1) is 0 Å². The van der Waals surface area contributed by atoms with E-state index < -0.39 is 35.9 Å². The first-order valence-electron chi connectivity index (χ1n) is 6.81. The summed E-state index contributed by atoms with van der Waals surface area (Å²) in [7, 11) is 0. The van der Waals surface area contributed by atoms with Gasteiger partial charge in [0.1, 0.15) is 5.60 Å². The molecule has 1 atom stereocenters. The summed E-state index contributed by atoms with van der Waals surface area (Å²) < 4.78 is 32.9. The molecule has 0 spiro atoms. The SMILES string of the molecule is C=CC(=O)NCC1CN(C(=O)OC(C)(C)C)CCC1(F)F. The summed E-state index contributed by atoms with van der Waals surface area (Å²) in [5.74, 6) is -4.57. The topological polar surface area (TPSA) is 58.6 Å². The maximum atomic E-state index is 13.8. The average Bonchev–Trinajstić information content (AvgIpc) is 2.34. The van der Waals surface area contributed by atoms with Crippen LogP contribution in [0.5, 0.6) is 0 Å². The zero-order valence-electron chi connectivity index (χ0n) is 12.6. The highest BCUT2D eigenvalue weighted by Crippen LogP contribution is 2.33. The molecule has 1 saturated heterocycles. The third kappa shape index (κ3) is 5.32. The summed E-state index contributed by atoms with van der Waals surface area (Å²) in [4.78, 5) is 24.3. The molecule has 0 aliphatic carbocycles. The normalized spacial score (nSPS) is 21.6. The number of halogens is 2. The molecule has 1 fully saturated rings. The molecule has 1 aliphatic heterocycles. The Morgan fingerprint density at radius 3 is 2.62 bits per heavy atom. The number of hydrogen-bond donors (Lipinski definition) is 1. The zero-order chi connectivity index (χ0) is 16.3. The van der Waals surface area contributed by atoms with Crippen molar-refractivity contribution in [2.45, 2.75) is 38.7 Å². The zero-order valence-corrected chi connectivity index (χ0v) is 12.6. The van der Waals surface area contributed by atoms with Gasteiger partial charge in [-0.05, 0) is 26.8 Å². The number of likely N-dealkylation sites (tertiary alicyclic amines) is 1. The van der Waals surface area contributed by atoms with E-state index >= 15 is 0 Å². The van der Waals surface area contributed by atoms with Crippen molar-refractivity contribution in [3.05, 3.63) is 12.7 Å². The number of hydrogen-bond acceptors (Lipinski definition) is 3. The maximum absolute atomic E-state index is 13.8. The number of carbonyl (C=O) groups excluding carboxylic acids is 2. The fourth-order valence-electron chi connectivity index (χ4n) is 1.98. The summed E-state index contributed by atoms with van der Waals surface area (Å²) in [6.07, 6.45) is -0.0361. The van der Waals surface area contributed by atoms with E-state index in [0.29, 0.717) is 0 Å². The minimum absolute atomic E-state index is 0.0617. The number of alkyl halides is 2. The molecule has 5 nitrogen and oxygen atoms in total.